The van der Waals surface area contributed by atoms with Crippen LogP contribution in [0.5, 0.6) is 11.5 Å². The average Bonchev–Trinajstić information content (AvgIpc) is 2.99. The van der Waals surface area contributed by atoms with Crippen LogP contribution in [-0.2, 0) is 4.79 Å². The van der Waals surface area contributed by atoms with Crippen LogP contribution in [0.15, 0.2) is 42.6 Å². The molecular formula is C20H20N4O3. The first-order valence-corrected chi connectivity index (χ1v) is 9.03. The number of nitriles is 1. The number of fused-ring (bicyclic) bond motifs is 1. The standard InChI is InChI=1S/C20H20N4O3/c21-13-15-5-3-8-22-19(15)23-9-4-10-24(12-11-23)20(25)18-14-26-16-6-1-2-7-17(16)27-18/h1-3,5-8,18H,4,9-12,14H2. The van der Waals surface area contributed by atoms with Gasteiger partial charge in [-0.25, -0.2) is 4.98 Å². The Morgan fingerprint density at radius 2 is 1.96 bits per heavy atom. The molecule has 0 saturated carbocycles. The van der Waals surface area contributed by atoms with Gasteiger partial charge in [-0.15, -0.1) is 0 Å². The number of anilines is 1. The monoisotopic (exact) mass is 364 g/mol. The highest BCUT2D eigenvalue weighted by Crippen LogP contribution is 2.31. The molecule has 1 aromatic heterocycles. The molecule has 4 rings (SSSR count). The first kappa shape index (κ1) is 17.2. The third kappa shape index (κ3) is 3.51. The van der Waals surface area contributed by atoms with Gasteiger partial charge in [0.2, 0.25) is 6.10 Å². The van der Waals surface area contributed by atoms with Crippen LogP contribution >= 0.6 is 0 Å². The second-order valence-corrected chi connectivity index (χ2v) is 6.52. The fourth-order valence-corrected chi connectivity index (χ4v) is 3.43. The zero-order valence-electron chi connectivity index (χ0n) is 14.9. The molecular weight excluding hydrogens is 344 g/mol. The Morgan fingerprint density at radius 3 is 2.81 bits per heavy atom. The molecule has 2 aliphatic rings. The molecule has 0 aliphatic carbocycles. The lowest BCUT2D eigenvalue weighted by Gasteiger charge is -2.30. The number of carbonyl (C=O) groups is 1. The molecule has 1 amide bonds. The highest BCUT2D eigenvalue weighted by atomic mass is 16.6. The van der Waals surface area contributed by atoms with E-state index in [0.29, 0.717) is 42.5 Å². The number of benzene rings is 1. The fraction of sp³-hybridized carbons (Fsp3) is 0.350. The van der Waals surface area contributed by atoms with Gasteiger partial charge in [0.1, 0.15) is 18.5 Å². The van der Waals surface area contributed by atoms with Crippen LogP contribution in [0, 0.1) is 11.3 Å². The topological polar surface area (TPSA) is 78.7 Å². The molecule has 0 spiro atoms. The fourth-order valence-electron chi connectivity index (χ4n) is 3.43. The molecule has 2 aromatic rings. The molecule has 27 heavy (non-hydrogen) atoms. The van der Waals surface area contributed by atoms with E-state index in [4.69, 9.17) is 9.47 Å². The van der Waals surface area contributed by atoms with E-state index in [1.54, 1.807) is 18.3 Å². The highest BCUT2D eigenvalue weighted by molar-refractivity contribution is 5.82. The molecule has 138 valence electrons. The molecule has 3 heterocycles. The predicted octanol–water partition coefficient (Wildman–Crippen LogP) is 1.83. The maximum Gasteiger partial charge on any atom is 0.267 e. The summed E-state index contributed by atoms with van der Waals surface area (Å²) in [6.07, 6.45) is 1.86. The summed E-state index contributed by atoms with van der Waals surface area (Å²) in [7, 11) is 0. The van der Waals surface area contributed by atoms with E-state index in [1.165, 1.54) is 0 Å². The van der Waals surface area contributed by atoms with Gasteiger partial charge in [-0.2, -0.15) is 5.26 Å². The van der Waals surface area contributed by atoms with Gasteiger partial charge in [-0.05, 0) is 30.7 Å². The molecule has 1 aromatic carbocycles. The van der Waals surface area contributed by atoms with Crippen molar-refractivity contribution >= 4 is 11.7 Å². The minimum absolute atomic E-state index is 0.0621. The molecule has 1 fully saturated rings. The Hall–Kier alpha value is -3.27. The van der Waals surface area contributed by atoms with E-state index in [1.807, 2.05) is 29.2 Å². The summed E-state index contributed by atoms with van der Waals surface area (Å²) in [5.74, 6) is 1.89. The third-order valence-corrected chi connectivity index (χ3v) is 4.80. The largest absolute Gasteiger partial charge is 0.485 e. The van der Waals surface area contributed by atoms with Crippen LogP contribution in [-0.4, -0.2) is 54.7 Å². The lowest BCUT2D eigenvalue weighted by atomic mass is 10.2. The van der Waals surface area contributed by atoms with Crippen LogP contribution < -0.4 is 14.4 Å². The Bertz CT molecular complexity index is 880. The molecule has 0 N–H and O–H groups in total. The quantitative estimate of drug-likeness (QED) is 0.809. The van der Waals surface area contributed by atoms with Gasteiger partial charge >= 0.3 is 0 Å². The molecule has 1 saturated heterocycles. The Labute approximate surface area is 157 Å². The number of pyridine rings is 1. The van der Waals surface area contributed by atoms with Crippen LogP contribution in [0.3, 0.4) is 0 Å². The predicted molar refractivity (Wildman–Crippen MR) is 98.7 cm³/mol. The van der Waals surface area contributed by atoms with Crippen molar-refractivity contribution in [2.75, 3.05) is 37.7 Å². The second-order valence-electron chi connectivity index (χ2n) is 6.52. The maximum atomic E-state index is 12.9. The van der Waals surface area contributed by atoms with Gasteiger partial charge in [0.15, 0.2) is 11.5 Å². The zero-order valence-corrected chi connectivity index (χ0v) is 14.9. The molecule has 0 bridgehead atoms. The number of aromatic nitrogens is 1. The Balaban J connectivity index is 1.43. The van der Waals surface area contributed by atoms with E-state index < -0.39 is 6.10 Å². The van der Waals surface area contributed by atoms with Gasteiger partial charge in [-0.3, -0.25) is 4.79 Å². The number of amides is 1. The van der Waals surface area contributed by atoms with Crippen molar-refractivity contribution in [1.82, 2.24) is 9.88 Å². The molecule has 7 heteroatoms. The van der Waals surface area contributed by atoms with Crippen molar-refractivity contribution in [1.29, 1.82) is 5.26 Å². The smallest absolute Gasteiger partial charge is 0.267 e. The minimum Gasteiger partial charge on any atom is -0.485 e. The van der Waals surface area contributed by atoms with Crippen LogP contribution in [0.2, 0.25) is 0 Å². The van der Waals surface area contributed by atoms with Crippen molar-refractivity contribution in [3.05, 3.63) is 48.2 Å². The second kappa shape index (κ2) is 7.54. The number of para-hydroxylation sites is 2. The van der Waals surface area contributed by atoms with Crippen molar-refractivity contribution in [2.24, 2.45) is 0 Å². The average molecular weight is 364 g/mol. The van der Waals surface area contributed by atoms with E-state index in [2.05, 4.69) is 16.0 Å². The molecule has 7 nitrogen and oxygen atoms in total. The van der Waals surface area contributed by atoms with E-state index >= 15 is 0 Å². The number of hydrogen-bond donors (Lipinski definition) is 0. The number of carbonyl (C=O) groups excluding carboxylic acids is 1. The number of nitrogens with zero attached hydrogens (tertiary/aromatic N) is 4. The molecule has 1 atom stereocenters. The number of hydrogen-bond acceptors (Lipinski definition) is 6. The maximum absolute atomic E-state index is 12.9. The number of ether oxygens (including phenoxy) is 2. The van der Waals surface area contributed by atoms with Crippen molar-refractivity contribution in [3.8, 4) is 17.6 Å². The minimum atomic E-state index is -0.629. The van der Waals surface area contributed by atoms with Gasteiger partial charge in [0.25, 0.3) is 5.91 Å². The van der Waals surface area contributed by atoms with Gasteiger partial charge < -0.3 is 19.3 Å². The lowest BCUT2D eigenvalue weighted by Crippen LogP contribution is -2.47. The van der Waals surface area contributed by atoms with Crippen molar-refractivity contribution in [3.63, 3.8) is 0 Å². The van der Waals surface area contributed by atoms with E-state index in [-0.39, 0.29) is 12.5 Å². The van der Waals surface area contributed by atoms with E-state index in [0.717, 1.165) is 13.0 Å². The molecule has 0 radical (unpaired) electrons. The number of rotatable bonds is 2. The van der Waals surface area contributed by atoms with Gasteiger partial charge in [-0.1, -0.05) is 12.1 Å². The Morgan fingerprint density at radius 1 is 1.11 bits per heavy atom. The summed E-state index contributed by atoms with van der Waals surface area (Å²) in [6.45, 7) is 2.80. The summed E-state index contributed by atoms with van der Waals surface area (Å²) in [6, 6.07) is 13.1. The van der Waals surface area contributed by atoms with Crippen molar-refractivity contribution in [2.45, 2.75) is 12.5 Å². The van der Waals surface area contributed by atoms with Crippen LogP contribution in [0.25, 0.3) is 0 Å². The zero-order chi connectivity index (χ0) is 18.6. The summed E-state index contributed by atoms with van der Waals surface area (Å²) in [5, 5.41) is 9.30. The summed E-state index contributed by atoms with van der Waals surface area (Å²) in [5.41, 5.74) is 0.554. The lowest BCUT2D eigenvalue weighted by molar-refractivity contribution is -0.141. The van der Waals surface area contributed by atoms with Gasteiger partial charge in [0.05, 0.1) is 5.56 Å². The van der Waals surface area contributed by atoms with E-state index in [9.17, 15) is 10.1 Å². The van der Waals surface area contributed by atoms with Crippen LogP contribution in [0.4, 0.5) is 5.82 Å². The van der Waals surface area contributed by atoms with Gasteiger partial charge in [0, 0.05) is 32.4 Å². The molecule has 2 aliphatic heterocycles. The summed E-state index contributed by atoms with van der Waals surface area (Å²) in [4.78, 5) is 21.2. The van der Waals surface area contributed by atoms with Crippen LogP contribution in [0.1, 0.15) is 12.0 Å². The van der Waals surface area contributed by atoms with Crippen molar-refractivity contribution < 1.29 is 14.3 Å². The summed E-state index contributed by atoms with van der Waals surface area (Å²) < 4.78 is 11.5. The third-order valence-electron chi connectivity index (χ3n) is 4.80. The highest BCUT2D eigenvalue weighted by Gasteiger charge is 2.32. The molecule has 1 unspecified atom stereocenters. The SMILES string of the molecule is N#Cc1cccnc1N1CCCN(C(=O)C2COc3ccccc3O2)CC1. The normalized spacial score (nSPS) is 19.1. The summed E-state index contributed by atoms with van der Waals surface area (Å²) >= 11 is 0. The first-order valence-electron chi connectivity index (χ1n) is 9.03. The first-order chi connectivity index (χ1) is 13.3. The Kier molecular flexibility index (Phi) is 4.79.